The highest BCUT2D eigenvalue weighted by Crippen LogP contribution is 2.12. The average molecular weight is 289 g/mol. The van der Waals surface area contributed by atoms with Gasteiger partial charge in [0.1, 0.15) is 0 Å². The maximum atomic E-state index is 2.29. The van der Waals surface area contributed by atoms with E-state index < -0.39 is 0 Å². The molecule has 0 atom stereocenters. The molecule has 0 aromatic heterocycles. The van der Waals surface area contributed by atoms with Gasteiger partial charge < -0.3 is 4.48 Å². The first kappa shape index (κ1) is 19.3. The minimum absolute atomic E-state index is 1.12. The van der Waals surface area contributed by atoms with Crippen molar-refractivity contribution in [2.75, 3.05) is 39.2 Å². The standard InChI is InChI=1S/C17H38NS/c1-5-6-7-13-16-19-17-14-11-9-8-10-12-15-18(2,3)4/h5-17H2,1-4H3/q+1. The van der Waals surface area contributed by atoms with E-state index in [0.29, 0.717) is 0 Å². The topological polar surface area (TPSA) is 0 Å². The van der Waals surface area contributed by atoms with Crippen molar-refractivity contribution >= 4 is 11.8 Å². The van der Waals surface area contributed by atoms with Crippen LogP contribution in [0.4, 0.5) is 0 Å². The first-order chi connectivity index (χ1) is 9.06. The lowest BCUT2D eigenvalue weighted by Crippen LogP contribution is -2.35. The molecule has 0 heterocycles. The lowest BCUT2D eigenvalue weighted by molar-refractivity contribution is -0.870. The molecule has 0 fully saturated rings. The van der Waals surface area contributed by atoms with Crippen LogP contribution in [-0.2, 0) is 0 Å². The van der Waals surface area contributed by atoms with Crippen LogP contribution in [0.2, 0.25) is 0 Å². The Morgan fingerprint density at radius 3 is 1.63 bits per heavy atom. The third kappa shape index (κ3) is 18.3. The van der Waals surface area contributed by atoms with E-state index in [4.69, 9.17) is 0 Å². The predicted molar refractivity (Wildman–Crippen MR) is 92.1 cm³/mol. The molecule has 0 saturated carbocycles. The van der Waals surface area contributed by atoms with Crippen molar-refractivity contribution in [1.82, 2.24) is 0 Å². The molecule has 2 heteroatoms. The summed E-state index contributed by atoms with van der Waals surface area (Å²) in [4.78, 5) is 0. The van der Waals surface area contributed by atoms with Gasteiger partial charge in [-0.2, -0.15) is 11.8 Å². The van der Waals surface area contributed by atoms with Gasteiger partial charge in [-0.3, -0.25) is 0 Å². The molecule has 19 heavy (non-hydrogen) atoms. The fraction of sp³-hybridized carbons (Fsp3) is 1.00. The van der Waals surface area contributed by atoms with Crippen molar-refractivity contribution in [3.8, 4) is 0 Å². The predicted octanol–water partition coefficient (Wildman–Crippen LogP) is 5.35. The minimum Gasteiger partial charge on any atom is -0.331 e. The van der Waals surface area contributed by atoms with Gasteiger partial charge >= 0.3 is 0 Å². The molecule has 0 rings (SSSR count). The summed E-state index contributed by atoms with van der Waals surface area (Å²) in [7, 11) is 6.87. The van der Waals surface area contributed by atoms with Crippen LogP contribution in [0.3, 0.4) is 0 Å². The lowest BCUT2D eigenvalue weighted by Gasteiger charge is -2.23. The Morgan fingerprint density at radius 1 is 0.632 bits per heavy atom. The van der Waals surface area contributed by atoms with E-state index in [1.165, 1.54) is 82.3 Å². The van der Waals surface area contributed by atoms with Gasteiger partial charge in [0.2, 0.25) is 0 Å². The normalized spacial score (nSPS) is 12.0. The largest absolute Gasteiger partial charge is 0.331 e. The molecule has 116 valence electrons. The Labute approximate surface area is 127 Å². The Balaban J connectivity index is 2.99. The summed E-state index contributed by atoms with van der Waals surface area (Å²) in [6, 6.07) is 0. The van der Waals surface area contributed by atoms with Crippen molar-refractivity contribution in [3.05, 3.63) is 0 Å². The summed E-state index contributed by atoms with van der Waals surface area (Å²) < 4.78 is 1.12. The Morgan fingerprint density at radius 2 is 1.11 bits per heavy atom. The zero-order valence-electron chi connectivity index (χ0n) is 14.0. The zero-order chi connectivity index (χ0) is 14.4. The van der Waals surface area contributed by atoms with Crippen LogP contribution >= 0.6 is 11.8 Å². The average Bonchev–Trinajstić information content (AvgIpc) is 2.34. The molecule has 0 N–H and O–H groups in total. The molecule has 1 nitrogen and oxygen atoms in total. The van der Waals surface area contributed by atoms with E-state index in [-0.39, 0.29) is 0 Å². The second-order valence-corrected chi connectivity index (χ2v) is 8.03. The second kappa shape index (κ2) is 13.3. The van der Waals surface area contributed by atoms with Crippen LogP contribution in [0.25, 0.3) is 0 Å². The van der Waals surface area contributed by atoms with Crippen LogP contribution in [0.15, 0.2) is 0 Å². The Bertz CT molecular complexity index is 175. The molecule has 0 saturated heterocycles. The highest BCUT2D eigenvalue weighted by atomic mass is 32.2. The third-order valence-electron chi connectivity index (χ3n) is 3.51. The summed E-state index contributed by atoms with van der Waals surface area (Å²) in [5.41, 5.74) is 0. The summed E-state index contributed by atoms with van der Waals surface area (Å²) in [6.07, 6.45) is 14.3. The molecule has 0 aliphatic rings. The van der Waals surface area contributed by atoms with Gasteiger partial charge in [0, 0.05) is 0 Å². The highest BCUT2D eigenvalue weighted by molar-refractivity contribution is 7.99. The van der Waals surface area contributed by atoms with Crippen LogP contribution in [-0.4, -0.2) is 43.7 Å². The van der Waals surface area contributed by atoms with Gasteiger partial charge in [0.15, 0.2) is 0 Å². The molecular weight excluding hydrogens is 250 g/mol. The van der Waals surface area contributed by atoms with Gasteiger partial charge in [-0.1, -0.05) is 45.4 Å². The molecule has 0 aromatic carbocycles. The summed E-state index contributed by atoms with van der Waals surface area (Å²) in [6.45, 7) is 3.61. The zero-order valence-corrected chi connectivity index (χ0v) is 14.9. The molecule has 0 spiro atoms. The van der Waals surface area contributed by atoms with Crippen LogP contribution < -0.4 is 0 Å². The van der Waals surface area contributed by atoms with Gasteiger partial charge in [0.25, 0.3) is 0 Å². The second-order valence-electron chi connectivity index (χ2n) is 6.81. The number of nitrogens with zero attached hydrogens (tertiary/aromatic N) is 1. The first-order valence-electron chi connectivity index (χ1n) is 8.44. The molecule has 0 amide bonds. The quantitative estimate of drug-likeness (QED) is 0.307. The van der Waals surface area contributed by atoms with Crippen molar-refractivity contribution in [1.29, 1.82) is 0 Å². The lowest BCUT2D eigenvalue weighted by atomic mass is 10.1. The van der Waals surface area contributed by atoms with E-state index in [2.05, 4.69) is 39.8 Å². The molecular formula is C17H38NS+. The van der Waals surface area contributed by atoms with Crippen LogP contribution in [0, 0.1) is 0 Å². The number of hydrogen-bond donors (Lipinski definition) is 0. The molecule has 0 radical (unpaired) electrons. The maximum Gasteiger partial charge on any atom is 0.0780 e. The number of quaternary nitrogens is 1. The van der Waals surface area contributed by atoms with Crippen molar-refractivity contribution in [2.24, 2.45) is 0 Å². The maximum absolute atomic E-state index is 2.29. The smallest absolute Gasteiger partial charge is 0.0780 e. The number of unbranched alkanes of at least 4 members (excludes halogenated alkanes) is 8. The van der Waals surface area contributed by atoms with Gasteiger partial charge in [-0.15, -0.1) is 0 Å². The van der Waals surface area contributed by atoms with Crippen molar-refractivity contribution in [2.45, 2.75) is 71.1 Å². The molecule has 0 aliphatic carbocycles. The minimum atomic E-state index is 1.12. The van der Waals surface area contributed by atoms with Gasteiger partial charge in [-0.05, 0) is 37.2 Å². The fourth-order valence-electron chi connectivity index (χ4n) is 2.23. The number of rotatable bonds is 14. The van der Waals surface area contributed by atoms with Crippen molar-refractivity contribution in [3.63, 3.8) is 0 Å². The van der Waals surface area contributed by atoms with Gasteiger partial charge in [-0.25, -0.2) is 0 Å². The molecule has 0 unspecified atom stereocenters. The van der Waals surface area contributed by atoms with Gasteiger partial charge in [0.05, 0.1) is 27.7 Å². The third-order valence-corrected chi connectivity index (χ3v) is 4.66. The monoisotopic (exact) mass is 288 g/mol. The number of thioether (sulfide) groups is 1. The molecule has 0 aliphatic heterocycles. The summed E-state index contributed by atoms with van der Waals surface area (Å²) in [5, 5.41) is 0. The van der Waals surface area contributed by atoms with E-state index in [1.807, 2.05) is 0 Å². The highest BCUT2D eigenvalue weighted by Gasteiger charge is 2.04. The van der Waals surface area contributed by atoms with E-state index in [1.54, 1.807) is 0 Å². The van der Waals surface area contributed by atoms with Crippen LogP contribution in [0.5, 0.6) is 0 Å². The fourth-order valence-corrected chi connectivity index (χ4v) is 3.25. The van der Waals surface area contributed by atoms with Crippen molar-refractivity contribution < 1.29 is 4.48 Å². The Kier molecular flexibility index (Phi) is 13.5. The summed E-state index contributed by atoms with van der Waals surface area (Å²) in [5.74, 6) is 2.79. The molecule has 0 aromatic rings. The van der Waals surface area contributed by atoms with E-state index in [0.717, 1.165) is 4.48 Å². The van der Waals surface area contributed by atoms with E-state index in [9.17, 15) is 0 Å². The Hall–Kier alpha value is 0.310. The first-order valence-corrected chi connectivity index (χ1v) is 9.60. The SMILES string of the molecule is CCCCCCSCCCCCCCC[N+](C)(C)C. The summed E-state index contributed by atoms with van der Waals surface area (Å²) >= 11 is 2.17. The van der Waals surface area contributed by atoms with Crippen LogP contribution in [0.1, 0.15) is 71.1 Å². The molecule has 0 bridgehead atoms. The van der Waals surface area contributed by atoms with E-state index >= 15 is 0 Å². The number of hydrogen-bond acceptors (Lipinski definition) is 1.